The lowest BCUT2D eigenvalue weighted by molar-refractivity contribution is -0.126. The number of nitrogens with one attached hydrogen (secondary N) is 2. The van der Waals surface area contributed by atoms with E-state index in [0.29, 0.717) is 24.2 Å². The standard InChI is InChI=1S/C19H19N3O3/c1-25-17-8-4-14(5-9-17)10-11-21-18(23)12-19(24)22-16-6-2-15(13-20)3-7-16/h2-9H,10-12H2,1H3,(H,21,23)(H,22,24). The maximum absolute atomic E-state index is 11.8. The Bertz CT molecular complexity index is 762. The lowest BCUT2D eigenvalue weighted by atomic mass is 10.1. The lowest BCUT2D eigenvalue weighted by Gasteiger charge is -2.07. The second-order valence-corrected chi connectivity index (χ2v) is 5.36. The Morgan fingerprint density at radius 3 is 2.32 bits per heavy atom. The summed E-state index contributed by atoms with van der Waals surface area (Å²) in [5.74, 6) is 0.0542. The zero-order valence-electron chi connectivity index (χ0n) is 13.9. The minimum Gasteiger partial charge on any atom is -0.497 e. The van der Waals surface area contributed by atoms with E-state index < -0.39 is 5.91 Å². The molecular formula is C19H19N3O3. The van der Waals surface area contributed by atoms with Crippen molar-refractivity contribution in [2.45, 2.75) is 12.8 Å². The van der Waals surface area contributed by atoms with Crippen LogP contribution in [-0.2, 0) is 16.0 Å². The fourth-order valence-corrected chi connectivity index (χ4v) is 2.18. The third kappa shape index (κ3) is 5.99. The van der Waals surface area contributed by atoms with Crippen molar-refractivity contribution < 1.29 is 14.3 Å². The van der Waals surface area contributed by atoms with Crippen LogP contribution in [0.25, 0.3) is 0 Å². The molecule has 2 rings (SSSR count). The molecule has 6 nitrogen and oxygen atoms in total. The van der Waals surface area contributed by atoms with Crippen LogP contribution in [0.2, 0.25) is 0 Å². The van der Waals surface area contributed by atoms with Crippen molar-refractivity contribution >= 4 is 17.5 Å². The van der Waals surface area contributed by atoms with Gasteiger partial charge in [0.2, 0.25) is 11.8 Å². The Morgan fingerprint density at radius 2 is 1.72 bits per heavy atom. The number of ether oxygens (including phenoxy) is 1. The Hall–Kier alpha value is -3.33. The molecule has 0 unspecified atom stereocenters. The number of hydrogen-bond acceptors (Lipinski definition) is 4. The highest BCUT2D eigenvalue weighted by Crippen LogP contribution is 2.11. The summed E-state index contributed by atoms with van der Waals surface area (Å²) in [6.07, 6.45) is 0.426. The van der Waals surface area contributed by atoms with Crippen LogP contribution in [-0.4, -0.2) is 25.5 Å². The van der Waals surface area contributed by atoms with Crippen molar-refractivity contribution in [3.8, 4) is 11.8 Å². The first-order chi connectivity index (χ1) is 12.1. The van der Waals surface area contributed by atoms with Crippen molar-refractivity contribution in [1.82, 2.24) is 5.32 Å². The highest BCUT2D eigenvalue weighted by atomic mass is 16.5. The van der Waals surface area contributed by atoms with E-state index in [4.69, 9.17) is 10.00 Å². The number of benzene rings is 2. The molecule has 0 radical (unpaired) electrons. The SMILES string of the molecule is COc1ccc(CCNC(=O)CC(=O)Nc2ccc(C#N)cc2)cc1. The van der Waals surface area contributed by atoms with Crippen molar-refractivity contribution in [1.29, 1.82) is 5.26 Å². The van der Waals surface area contributed by atoms with Crippen LogP contribution in [0.3, 0.4) is 0 Å². The molecular weight excluding hydrogens is 318 g/mol. The molecule has 0 bridgehead atoms. The van der Waals surface area contributed by atoms with Gasteiger partial charge in [0.1, 0.15) is 12.2 Å². The number of anilines is 1. The fraction of sp³-hybridized carbons (Fsp3) is 0.211. The van der Waals surface area contributed by atoms with Gasteiger partial charge in [-0.15, -0.1) is 0 Å². The number of carbonyl (C=O) groups excluding carboxylic acids is 2. The van der Waals surface area contributed by atoms with E-state index in [-0.39, 0.29) is 12.3 Å². The van der Waals surface area contributed by atoms with Crippen LogP contribution in [0, 0.1) is 11.3 Å². The normalized spacial score (nSPS) is 9.76. The summed E-state index contributed by atoms with van der Waals surface area (Å²) in [4.78, 5) is 23.6. The maximum Gasteiger partial charge on any atom is 0.233 e. The van der Waals surface area contributed by atoms with Gasteiger partial charge in [-0.2, -0.15) is 5.26 Å². The largest absolute Gasteiger partial charge is 0.497 e. The monoisotopic (exact) mass is 337 g/mol. The van der Waals surface area contributed by atoms with Gasteiger partial charge in [-0.25, -0.2) is 0 Å². The number of hydrogen-bond donors (Lipinski definition) is 2. The van der Waals surface area contributed by atoms with Crippen molar-refractivity contribution in [2.24, 2.45) is 0 Å². The molecule has 0 spiro atoms. The van der Waals surface area contributed by atoms with Crippen LogP contribution in [0.1, 0.15) is 17.5 Å². The Balaban J connectivity index is 1.71. The van der Waals surface area contributed by atoms with Gasteiger partial charge in [-0.1, -0.05) is 12.1 Å². The summed E-state index contributed by atoms with van der Waals surface area (Å²) in [5.41, 5.74) is 2.13. The molecule has 0 aliphatic rings. The molecule has 0 atom stereocenters. The number of amides is 2. The summed E-state index contributed by atoms with van der Waals surface area (Å²) in [5, 5.41) is 14.1. The second kappa shape index (κ2) is 9.08. The van der Waals surface area contributed by atoms with Gasteiger partial charge in [-0.3, -0.25) is 9.59 Å². The van der Waals surface area contributed by atoms with Gasteiger partial charge in [0.25, 0.3) is 0 Å². The molecule has 2 aromatic rings. The molecule has 0 saturated carbocycles. The molecule has 128 valence electrons. The minimum atomic E-state index is -0.397. The number of nitriles is 1. The average Bonchev–Trinajstić information content (AvgIpc) is 2.63. The first kappa shape index (κ1) is 18.0. The highest BCUT2D eigenvalue weighted by molar-refractivity contribution is 6.03. The summed E-state index contributed by atoms with van der Waals surface area (Å²) >= 11 is 0. The molecule has 2 amide bonds. The molecule has 25 heavy (non-hydrogen) atoms. The third-order valence-corrected chi connectivity index (χ3v) is 3.51. The van der Waals surface area contributed by atoms with Gasteiger partial charge in [0.15, 0.2) is 0 Å². The number of methoxy groups -OCH3 is 1. The number of carbonyl (C=O) groups is 2. The first-order valence-corrected chi connectivity index (χ1v) is 7.80. The first-order valence-electron chi connectivity index (χ1n) is 7.80. The number of nitrogens with zero attached hydrogens (tertiary/aromatic N) is 1. The predicted octanol–water partition coefficient (Wildman–Crippen LogP) is 2.25. The quantitative estimate of drug-likeness (QED) is 0.758. The molecule has 2 N–H and O–H groups in total. The molecule has 0 heterocycles. The topological polar surface area (TPSA) is 91.2 Å². The Kier molecular flexibility index (Phi) is 6.55. The Morgan fingerprint density at radius 1 is 1.04 bits per heavy atom. The molecule has 0 saturated heterocycles. The van der Waals surface area contributed by atoms with Crippen LogP contribution in [0.5, 0.6) is 5.75 Å². The summed E-state index contributed by atoms with van der Waals surface area (Å²) in [6.45, 7) is 0.454. The van der Waals surface area contributed by atoms with Crippen LogP contribution in [0.4, 0.5) is 5.69 Å². The smallest absolute Gasteiger partial charge is 0.233 e. The van der Waals surface area contributed by atoms with Crippen molar-refractivity contribution in [3.63, 3.8) is 0 Å². The zero-order valence-corrected chi connectivity index (χ0v) is 13.9. The molecule has 0 aliphatic heterocycles. The summed E-state index contributed by atoms with van der Waals surface area (Å²) < 4.78 is 5.09. The van der Waals surface area contributed by atoms with E-state index in [1.165, 1.54) is 0 Å². The van der Waals surface area contributed by atoms with Crippen LogP contribution < -0.4 is 15.4 Å². The van der Waals surface area contributed by atoms with E-state index in [9.17, 15) is 9.59 Å². The second-order valence-electron chi connectivity index (χ2n) is 5.36. The fourth-order valence-electron chi connectivity index (χ4n) is 2.18. The maximum atomic E-state index is 11.8. The van der Waals surface area contributed by atoms with Crippen molar-refractivity contribution in [2.75, 3.05) is 19.0 Å². The van der Waals surface area contributed by atoms with Crippen LogP contribution in [0.15, 0.2) is 48.5 Å². The third-order valence-electron chi connectivity index (χ3n) is 3.51. The van der Waals surface area contributed by atoms with E-state index in [1.807, 2.05) is 30.3 Å². The minimum absolute atomic E-state index is 0.247. The summed E-state index contributed by atoms with van der Waals surface area (Å²) in [6, 6.07) is 16.0. The molecule has 0 aromatic heterocycles. The van der Waals surface area contributed by atoms with Gasteiger partial charge in [0, 0.05) is 12.2 Å². The van der Waals surface area contributed by atoms with Crippen molar-refractivity contribution in [3.05, 3.63) is 59.7 Å². The van der Waals surface area contributed by atoms with E-state index in [2.05, 4.69) is 10.6 Å². The molecule has 0 fully saturated rings. The van der Waals surface area contributed by atoms with Gasteiger partial charge >= 0.3 is 0 Å². The summed E-state index contributed by atoms with van der Waals surface area (Å²) in [7, 11) is 1.61. The number of rotatable bonds is 7. The van der Waals surface area contributed by atoms with Gasteiger partial charge < -0.3 is 15.4 Å². The zero-order chi connectivity index (χ0) is 18.1. The van der Waals surface area contributed by atoms with E-state index in [1.54, 1.807) is 31.4 Å². The molecule has 6 heteroatoms. The van der Waals surface area contributed by atoms with Gasteiger partial charge in [0.05, 0.1) is 18.7 Å². The van der Waals surface area contributed by atoms with Gasteiger partial charge in [-0.05, 0) is 48.4 Å². The molecule has 0 aliphatic carbocycles. The highest BCUT2D eigenvalue weighted by Gasteiger charge is 2.09. The van der Waals surface area contributed by atoms with E-state index >= 15 is 0 Å². The van der Waals surface area contributed by atoms with E-state index in [0.717, 1.165) is 11.3 Å². The predicted molar refractivity (Wildman–Crippen MR) is 94.1 cm³/mol. The van der Waals surface area contributed by atoms with Crippen LogP contribution >= 0.6 is 0 Å². The average molecular weight is 337 g/mol. The molecule has 2 aromatic carbocycles. The Labute approximate surface area is 146 Å². The lowest BCUT2D eigenvalue weighted by Crippen LogP contribution is -2.29.